The third-order valence-corrected chi connectivity index (χ3v) is 5.86. The van der Waals surface area contributed by atoms with Gasteiger partial charge in [0, 0.05) is 31.5 Å². The van der Waals surface area contributed by atoms with Crippen LogP contribution in [0, 0.1) is 5.92 Å². The Bertz CT molecular complexity index is 919. The van der Waals surface area contributed by atoms with Crippen molar-refractivity contribution in [2.75, 3.05) is 13.1 Å². The minimum atomic E-state index is -2.58. The fourth-order valence-corrected chi connectivity index (χ4v) is 3.98. The topological polar surface area (TPSA) is 73.1 Å². The van der Waals surface area contributed by atoms with Crippen LogP contribution >= 0.6 is 0 Å². The van der Waals surface area contributed by atoms with Gasteiger partial charge in [0.25, 0.3) is 5.95 Å². The molecule has 1 amide bonds. The Morgan fingerprint density at radius 2 is 1.97 bits per heavy atom. The van der Waals surface area contributed by atoms with Crippen molar-refractivity contribution < 1.29 is 22.7 Å². The SMILES string of the molecule is CCC(=O)N1CC(Oc2cc(CC3CCC(F)(F)CC3)nc(-n3ccc(CF)n3)n2)C1. The highest BCUT2D eigenvalue weighted by Crippen LogP contribution is 2.37. The number of nitrogens with zero attached hydrogens (tertiary/aromatic N) is 5. The summed E-state index contributed by atoms with van der Waals surface area (Å²) in [6.07, 6.45) is 3.04. The number of alkyl halides is 3. The third kappa shape index (κ3) is 5.16. The lowest BCUT2D eigenvalue weighted by atomic mass is 9.84. The predicted octanol–water partition coefficient (Wildman–Crippen LogP) is 3.50. The molecule has 0 bridgehead atoms. The molecule has 2 aromatic rings. The molecule has 3 heterocycles. The molecule has 2 aromatic heterocycles. The van der Waals surface area contributed by atoms with E-state index in [0.717, 1.165) is 0 Å². The number of likely N-dealkylation sites (tertiary alicyclic amines) is 1. The maximum atomic E-state index is 13.5. The normalized spacial score (nSPS) is 19.3. The average Bonchev–Trinajstić information content (AvgIpc) is 3.21. The fourth-order valence-electron chi connectivity index (χ4n) is 3.98. The first-order valence-electron chi connectivity index (χ1n) is 10.7. The molecule has 0 unspecified atom stereocenters. The van der Waals surface area contributed by atoms with Crippen molar-refractivity contribution in [2.24, 2.45) is 5.92 Å². The summed E-state index contributed by atoms with van der Waals surface area (Å²) in [5.41, 5.74) is 0.937. The van der Waals surface area contributed by atoms with Crippen LogP contribution in [0.5, 0.6) is 5.88 Å². The zero-order chi connectivity index (χ0) is 22.0. The van der Waals surface area contributed by atoms with E-state index in [9.17, 15) is 18.0 Å². The van der Waals surface area contributed by atoms with Gasteiger partial charge < -0.3 is 9.64 Å². The molecule has 31 heavy (non-hydrogen) atoms. The Labute approximate surface area is 178 Å². The Kier molecular flexibility index (Phi) is 6.15. The van der Waals surface area contributed by atoms with Crippen molar-refractivity contribution in [3.63, 3.8) is 0 Å². The minimum Gasteiger partial charge on any atom is -0.470 e. The third-order valence-electron chi connectivity index (χ3n) is 5.86. The van der Waals surface area contributed by atoms with Crippen LogP contribution in [-0.2, 0) is 17.9 Å². The summed E-state index contributed by atoms with van der Waals surface area (Å²) in [7, 11) is 0. The van der Waals surface area contributed by atoms with Crippen LogP contribution in [0.3, 0.4) is 0 Å². The van der Waals surface area contributed by atoms with Crippen LogP contribution in [0.15, 0.2) is 18.3 Å². The van der Waals surface area contributed by atoms with E-state index >= 15 is 0 Å². The molecule has 2 fully saturated rings. The molecular weight excluding hydrogens is 411 g/mol. The molecule has 2 aliphatic rings. The van der Waals surface area contributed by atoms with Gasteiger partial charge in [0.15, 0.2) is 0 Å². The summed E-state index contributed by atoms with van der Waals surface area (Å²) >= 11 is 0. The molecular formula is C21H26F3N5O2. The Hall–Kier alpha value is -2.65. The molecule has 1 aliphatic carbocycles. The first-order chi connectivity index (χ1) is 14.8. The Morgan fingerprint density at radius 3 is 2.61 bits per heavy atom. The molecule has 168 valence electrons. The number of amides is 1. The van der Waals surface area contributed by atoms with E-state index in [4.69, 9.17) is 4.74 Å². The summed E-state index contributed by atoms with van der Waals surface area (Å²) in [5.74, 6) is -1.81. The molecule has 1 saturated heterocycles. The molecule has 0 aromatic carbocycles. The van der Waals surface area contributed by atoms with Crippen molar-refractivity contribution in [2.45, 2.75) is 64.1 Å². The predicted molar refractivity (Wildman–Crippen MR) is 106 cm³/mol. The average molecular weight is 437 g/mol. The van der Waals surface area contributed by atoms with Gasteiger partial charge in [0.2, 0.25) is 17.7 Å². The highest BCUT2D eigenvalue weighted by molar-refractivity contribution is 5.76. The van der Waals surface area contributed by atoms with Crippen molar-refractivity contribution in [1.82, 2.24) is 24.6 Å². The quantitative estimate of drug-likeness (QED) is 0.663. The number of halogens is 3. The molecule has 4 rings (SSSR count). The summed E-state index contributed by atoms with van der Waals surface area (Å²) < 4.78 is 47.2. The van der Waals surface area contributed by atoms with Gasteiger partial charge >= 0.3 is 0 Å². The lowest BCUT2D eigenvalue weighted by Crippen LogP contribution is -2.56. The molecule has 10 heteroatoms. The highest BCUT2D eigenvalue weighted by Gasteiger charge is 2.35. The largest absolute Gasteiger partial charge is 0.470 e. The monoisotopic (exact) mass is 437 g/mol. The molecule has 1 aliphatic heterocycles. The number of carbonyl (C=O) groups is 1. The highest BCUT2D eigenvalue weighted by atomic mass is 19.3. The zero-order valence-electron chi connectivity index (χ0n) is 17.4. The fraction of sp³-hybridized carbons (Fsp3) is 0.619. The second kappa shape index (κ2) is 8.84. The lowest BCUT2D eigenvalue weighted by molar-refractivity contribution is -0.139. The van der Waals surface area contributed by atoms with Gasteiger partial charge in [0.1, 0.15) is 12.8 Å². The summed E-state index contributed by atoms with van der Waals surface area (Å²) in [6.45, 7) is 2.10. The second-order valence-corrected chi connectivity index (χ2v) is 8.28. The van der Waals surface area contributed by atoms with E-state index in [-0.39, 0.29) is 42.4 Å². The molecule has 0 atom stereocenters. The first-order valence-corrected chi connectivity index (χ1v) is 10.7. The smallest absolute Gasteiger partial charge is 0.254 e. The zero-order valence-corrected chi connectivity index (χ0v) is 17.4. The number of hydrogen-bond acceptors (Lipinski definition) is 5. The van der Waals surface area contributed by atoms with Crippen molar-refractivity contribution in [3.05, 3.63) is 29.7 Å². The van der Waals surface area contributed by atoms with Gasteiger partial charge in [-0.1, -0.05) is 6.92 Å². The van der Waals surface area contributed by atoms with Crippen molar-refractivity contribution >= 4 is 5.91 Å². The second-order valence-electron chi connectivity index (χ2n) is 8.28. The maximum Gasteiger partial charge on any atom is 0.254 e. The summed E-state index contributed by atoms with van der Waals surface area (Å²) in [6, 6.07) is 3.26. The molecule has 0 spiro atoms. The van der Waals surface area contributed by atoms with E-state index < -0.39 is 12.6 Å². The molecule has 0 radical (unpaired) electrons. The van der Waals surface area contributed by atoms with E-state index in [0.29, 0.717) is 50.3 Å². The van der Waals surface area contributed by atoms with Crippen LogP contribution in [0.4, 0.5) is 13.2 Å². The van der Waals surface area contributed by atoms with Gasteiger partial charge in [-0.15, -0.1) is 0 Å². The summed E-state index contributed by atoms with van der Waals surface area (Å²) in [5, 5.41) is 4.12. The Balaban J connectivity index is 1.50. The van der Waals surface area contributed by atoms with Crippen LogP contribution < -0.4 is 4.74 Å². The van der Waals surface area contributed by atoms with E-state index in [1.165, 1.54) is 4.68 Å². The van der Waals surface area contributed by atoms with Crippen LogP contribution in [0.1, 0.15) is 50.4 Å². The molecule has 1 saturated carbocycles. The number of aromatic nitrogens is 4. The minimum absolute atomic E-state index is 0.0771. The van der Waals surface area contributed by atoms with E-state index in [1.807, 2.05) is 6.92 Å². The molecule has 0 N–H and O–H groups in total. The van der Waals surface area contributed by atoms with Gasteiger partial charge in [-0.25, -0.2) is 22.8 Å². The Morgan fingerprint density at radius 1 is 1.23 bits per heavy atom. The standard InChI is InChI=1S/C21H26F3N5O2/c1-2-19(30)28-12-17(13-28)31-18-10-16(9-14-3-6-21(23,24)7-4-14)25-20(26-18)29-8-5-15(11-22)27-29/h5,8,10,14,17H,2-4,6-7,9,11-13H2,1H3. The van der Waals surface area contributed by atoms with E-state index in [1.54, 1.807) is 23.2 Å². The lowest BCUT2D eigenvalue weighted by Gasteiger charge is -2.38. The first kappa shape index (κ1) is 21.6. The van der Waals surface area contributed by atoms with Gasteiger partial charge in [-0.2, -0.15) is 10.1 Å². The number of ether oxygens (including phenoxy) is 1. The molecule has 7 nitrogen and oxygen atoms in total. The van der Waals surface area contributed by atoms with Crippen LogP contribution in [-0.4, -0.2) is 55.7 Å². The van der Waals surface area contributed by atoms with Gasteiger partial charge in [-0.3, -0.25) is 4.79 Å². The van der Waals surface area contributed by atoms with Crippen LogP contribution in [0.2, 0.25) is 0 Å². The van der Waals surface area contributed by atoms with Crippen molar-refractivity contribution in [3.8, 4) is 11.8 Å². The number of rotatable bonds is 7. The van der Waals surface area contributed by atoms with Crippen LogP contribution in [0.25, 0.3) is 5.95 Å². The maximum absolute atomic E-state index is 13.5. The van der Waals surface area contributed by atoms with Crippen molar-refractivity contribution in [1.29, 1.82) is 0 Å². The van der Waals surface area contributed by atoms with E-state index in [2.05, 4.69) is 15.1 Å². The number of hydrogen-bond donors (Lipinski definition) is 0. The van der Waals surface area contributed by atoms with Gasteiger partial charge in [0.05, 0.1) is 24.5 Å². The summed E-state index contributed by atoms with van der Waals surface area (Å²) in [4.78, 5) is 22.4. The van der Waals surface area contributed by atoms with Gasteiger partial charge in [-0.05, 0) is 31.2 Å². The number of carbonyl (C=O) groups excluding carboxylic acids is 1.